The van der Waals surface area contributed by atoms with Gasteiger partial charge in [0.2, 0.25) is 0 Å². The van der Waals surface area contributed by atoms with Gasteiger partial charge in [-0.2, -0.15) is 0 Å². The lowest BCUT2D eigenvalue weighted by atomic mass is 10.5. The van der Waals surface area contributed by atoms with Gasteiger partial charge < -0.3 is 0 Å². The van der Waals surface area contributed by atoms with Crippen LogP contribution in [0, 0.1) is 0 Å². The van der Waals surface area contributed by atoms with Gasteiger partial charge in [-0.1, -0.05) is 13.8 Å². The average molecular weight is 160 g/mol. The van der Waals surface area contributed by atoms with E-state index in [1.54, 1.807) is 0 Å². The summed E-state index contributed by atoms with van der Waals surface area (Å²) in [6.07, 6.45) is 0. The van der Waals surface area contributed by atoms with E-state index < -0.39 is 0 Å². The van der Waals surface area contributed by atoms with Crippen molar-refractivity contribution in [2.45, 2.75) is 19.6 Å². The Morgan fingerprint density at radius 3 is 1.70 bits per heavy atom. The third-order valence-electron chi connectivity index (χ3n) is 2.09. The lowest BCUT2D eigenvalue weighted by Crippen LogP contribution is -2.45. The third-order valence-corrected chi connectivity index (χ3v) is 3.85. The molecule has 0 saturated carbocycles. The second kappa shape index (κ2) is 4.88. The zero-order chi connectivity index (χ0) is 8.15. The predicted molar refractivity (Wildman–Crippen MR) is 50.3 cm³/mol. The van der Waals surface area contributed by atoms with Crippen molar-refractivity contribution in [2.75, 3.05) is 27.2 Å². The smallest absolute Gasteiger partial charge is 0.0428 e. The molecule has 0 aromatic heterocycles. The van der Waals surface area contributed by atoms with E-state index in [0.29, 0.717) is 5.79 Å². The predicted octanol–water partition coefficient (Wildman–Crippen LogP) is -0.461. The fraction of sp³-hybridized carbons (Fsp3) is 1.00. The van der Waals surface area contributed by atoms with Crippen molar-refractivity contribution in [3.8, 4) is 0 Å². The molecular formula is C7H20N2Si. The van der Waals surface area contributed by atoms with Crippen LogP contribution in [0.3, 0.4) is 0 Å². The molecule has 0 aliphatic carbocycles. The fourth-order valence-electron chi connectivity index (χ4n) is 1.08. The number of nitrogens with zero attached hydrogens (tertiary/aromatic N) is 2. The first-order valence-corrected chi connectivity index (χ1v) is 5.19. The van der Waals surface area contributed by atoms with Crippen molar-refractivity contribution in [1.82, 2.24) is 9.80 Å². The van der Waals surface area contributed by atoms with Crippen LogP contribution in [0.15, 0.2) is 0 Å². The van der Waals surface area contributed by atoms with Gasteiger partial charge in [0.15, 0.2) is 0 Å². The lowest BCUT2D eigenvalue weighted by molar-refractivity contribution is 0.155. The van der Waals surface area contributed by atoms with Crippen molar-refractivity contribution in [3.63, 3.8) is 0 Å². The second-order valence-electron chi connectivity index (χ2n) is 2.82. The summed E-state index contributed by atoms with van der Waals surface area (Å²) in [5, 5.41) is 0. The molecule has 0 spiro atoms. The van der Waals surface area contributed by atoms with Crippen LogP contribution < -0.4 is 0 Å². The van der Waals surface area contributed by atoms with E-state index in [2.05, 4.69) is 37.7 Å². The normalized spacial score (nSPS) is 15.0. The van der Waals surface area contributed by atoms with E-state index in [4.69, 9.17) is 0 Å². The van der Waals surface area contributed by atoms with Gasteiger partial charge in [-0.3, -0.25) is 9.80 Å². The largest absolute Gasteiger partial charge is 0.298 e. The molecule has 0 bridgehead atoms. The highest BCUT2D eigenvalue weighted by Crippen LogP contribution is 1.96. The quantitative estimate of drug-likeness (QED) is 0.406. The maximum atomic E-state index is 2.48. The van der Waals surface area contributed by atoms with Gasteiger partial charge in [-0.05, 0) is 27.2 Å². The summed E-state index contributed by atoms with van der Waals surface area (Å²) in [6, 6.07) is 0. The van der Waals surface area contributed by atoms with E-state index in [9.17, 15) is 0 Å². The molecule has 0 rings (SSSR count). The molecule has 0 saturated heterocycles. The van der Waals surface area contributed by atoms with Crippen LogP contribution >= 0.6 is 0 Å². The Morgan fingerprint density at radius 1 is 1.20 bits per heavy atom. The van der Waals surface area contributed by atoms with E-state index >= 15 is 0 Å². The molecule has 62 valence electrons. The maximum Gasteiger partial charge on any atom is 0.0428 e. The first-order valence-electron chi connectivity index (χ1n) is 4.03. The Kier molecular flexibility index (Phi) is 4.94. The molecule has 0 N–H and O–H groups in total. The molecule has 0 radical (unpaired) electrons. The van der Waals surface area contributed by atoms with Gasteiger partial charge in [-0.15, -0.1) is 0 Å². The minimum atomic E-state index is 0.704. The van der Waals surface area contributed by atoms with Gasteiger partial charge in [0.05, 0.1) is 0 Å². The minimum absolute atomic E-state index is 0.704. The zero-order valence-electron chi connectivity index (χ0n) is 7.89. The molecule has 0 heterocycles. The highest BCUT2D eigenvalue weighted by atomic mass is 28.1. The standard InChI is InChI=1S/C7H20N2Si/c1-5-9(6-2)7(10)8(3)4/h7H,5-6H2,1-4,10H3. The van der Waals surface area contributed by atoms with Crippen molar-refractivity contribution >= 4 is 10.2 Å². The second-order valence-corrected chi connectivity index (χ2v) is 3.85. The molecule has 0 aromatic rings. The van der Waals surface area contributed by atoms with Crippen molar-refractivity contribution in [2.24, 2.45) is 0 Å². The van der Waals surface area contributed by atoms with Gasteiger partial charge in [0, 0.05) is 16.0 Å². The van der Waals surface area contributed by atoms with Crippen LogP contribution in [-0.4, -0.2) is 53.0 Å². The van der Waals surface area contributed by atoms with E-state index in [1.807, 2.05) is 0 Å². The molecule has 1 atom stereocenters. The van der Waals surface area contributed by atoms with E-state index in [0.717, 1.165) is 0 Å². The van der Waals surface area contributed by atoms with Gasteiger partial charge in [-0.25, -0.2) is 0 Å². The highest BCUT2D eigenvalue weighted by molar-refractivity contribution is 6.11. The van der Waals surface area contributed by atoms with Crippen molar-refractivity contribution in [3.05, 3.63) is 0 Å². The van der Waals surface area contributed by atoms with Crippen LogP contribution in [0.5, 0.6) is 0 Å². The van der Waals surface area contributed by atoms with Crippen LogP contribution in [0.2, 0.25) is 0 Å². The summed E-state index contributed by atoms with van der Waals surface area (Å²) in [4.78, 5) is 4.77. The number of hydrogen-bond acceptors (Lipinski definition) is 2. The molecule has 0 aliphatic rings. The molecule has 10 heavy (non-hydrogen) atoms. The van der Waals surface area contributed by atoms with Crippen molar-refractivity contribution in [1.29, 1.82) is 0 Å². The molecule has 1 unspecified atom stereocenters. The summed E-state index contributed by atoms with van der Waals surface area (Å²) < 4.78 is 0. The summed E-state index contributed by atoms with van der Waals surface area (Å²) >= 11 is 0. The fourth-order valence-corrected chi connectivity index (χ4v) is 1.81. The first kappa shape index (κ1) is 10.1. The highest BCUT2D eigenvalue weighted by Gasteiger charge is 2.10. The van der Waals surface area contributed by atoms with Crippen LogP contribution in [0.25, 0.3) is 0 Å². The Hall–Kier alpha value is 0.137. The summed E-state index contributed by atoms with van der Waals surface area (Å²) in [5.41, 5.74) is 0. The molecule has 0 fully saturated rings. The molecule has 2 nitrogen and oxygen atoms in total. The van der Waals surface area contributed by atoms with E-state index in [1.165, 1.54) is 23.3 Å². The minimum Gasteiger partial charge on any atom is -0.298 e. The number of hydrogen-bond donors (Lipinski definition) is 0. The Balaban J connectivity index is 3.76. The van der Waals surface area contributed by atoms with Crippen LogP contribution in [0.4, 0.5) is 0 Å². The molecule has 0 amide bonds. The monoisotopic (exact) mass is 160 g/mol. The average Bonchev–Trinajstić information content (AvgIpc) is 1.90. The molecule has 3 heteroatoms. The van der Waals surface area contributed by atoms with E-state index in [-0.39, 0.29) is 0 Å². The third kappa shape index (κ3) is 2.81. The number of rotatable bonds is 4. The SMILES string of the molecule is CCN(CC)C([SiH3])N(C)C. The zero-order valence-corrected chi connectivity index (χ0v) is 9.89. The Bertz CT molecular complexity index is 81.7. The van der Waals surface area contributed by atoms with Crippen molar-refractivity contribution < 1.29 is 0 Å². The summed E-state index contributed by atoms with van der Waals surface area (Å²) in [7, 11) is 5.53. The van der Waals surface area contributed by atoms with Crippen LogP contribution in [-0.2, 0) is 0 Å². The summed E-state index contributed by atoms with van der Waals surface area (Å²) in [6.45, 7) is 6.78. The Morgan fingerprint density at radius 2 is 1.60 bits per heavy atom. The van der Waals surface area contributed by atoms with Gasteiger partial charge in [0.25, 0.3) is 0 Å². The molecule has 0 aromatic carbocycles. The first-order chi connectivity index (χ1) is 4.63. The summed E-state index contributed by atoms with van der Waals surface area (Å²) in [5.74, 6) is 0.704. The molecular weight excluding hydrogens is 140 g/mol. The van der Waals surface area contributed by atoms with Crippen LogP contribution in [0.1, 0.15) is 13.8 Å². The molecule has 0 aliphatic heterocycles. The topological polar surface area (TPSA) is 6.48 Å². The van der Waals surface area contributed by atoms with Gasteiger partial charge >= 0.3 is 0 Å². The Labute approximate surface area is 67.6 Å². The van der Waals surface area contributed by atoms with Gasteiger partial charge in [0.1, 0.15) is 0 Å². The lowest BCUT2D eigenvalue weighted by Gasteiger charge is -2.31. The maximum absolute atomic E-state index is 2.48.